The van der Waals surface area contributed by atoms with Crippen LogP contribution >= 0.6 is 0 Å². The summed E-state index contributed by atoms with van der Waals surface area (Å²) in [5, 5.41) is 0. The summed E-state index contributed by atoms with van der Waals surface area (Å²) in [7, 11) is 0. The molecule has 190 valence electrons. The first-order valence-electron chi connectivity index (χ1n) is 12.2. The summed E-state index contributed by atoms with van der Waals surface area (Å²) in [4.78, 5) is 11.0. The van der Waals surface area contributed by atoms with E-state index in [9.17, 15) is 18.0 Å². The van der Waals surface area contributed by atoms with Crippen LogP contribution in [0.4, 0.5) is 13.2 Å². The van der Waals surface area contributed by atoms with Gasteiger partial charge in [0, 0.05) is 6.42 Å². The molecule has 0 heterocycles. The summed E-state index contributed by atoms with van der Waals surface area (Å²) in [6.07, 6.45) is 22.9. The van der Waals surface area contributed by atoms with Crippen molar-refractivity contribution in [3.8, 4) is 12.8 Å². The lowest BCUT2D eigenvalue weighted by atomic mass is 10.0. The Bertz CT molecular complexity index is 722. The minimum absolute atomic E-state index is 0.0132. The number of unbranched alkanes of at least 4 members (excludes halogenated alkanes) is 2. The number of allylic oxidation sites excluding steroid dienone is 4. The first-order valence-corrected chi connectivity index (χ1v) is 12.2. The molecule has 1 aliphatic carbocycles. The average Bonchev–Trinajstić information content (AvgIpc) is 3.31. The van der Waals surface area contributed by atoms with E-state index in [1.165, 1.54) is 37.8 Å². The Kier molecular flexibility index (Phi) is 17.5. The summed E-state index contributed by atoms with van der Waals surface area (Å²) in [6, 6.07) is 5.51. The number of hydrogen-bond donors (Lipinski definition) is 0. The van der Waals surface area contributed by atoms with E-state index in [4.69, 9.17) is 4.74 Å². The third-order valence-electron chi connectivity index (χ3n) is 5.28. The van der Waals surface area contributed by atoms with Gasteiger partial charge >= 0.3 is 12.1 Å². The molecule has 2 nitrogen and oxygen atoms in total. The fourth-order valence-corrected chi connectivity index (χ4v) is 3.58. The lowest BCUT2D eigenvalue weighted by Gasteiger charge is -2.07. The van der Waals surface area contributed by atoms with Gasteiger partial charge in [0.2, 0.25) is 0 Å². The van der Waals surface area contributed by atoms with Crippen molar-refractivity contribution in [2.75, 3.05) is 0 Å². The number of esters is 1. The number of carbonyl (C=O) groups excluding carboxylic acids is 1. The lowest BCUT2D eigenvalue weighted by Crippen LogP contribution is -2.10. The second-order valence-electron chi connectivity index (χ2n) is 8.56. The average molecular weight is 479 g/mol. The van der Waals surface area contributed by atoms with Crippen LogP contribution in [0.15, 0.2) is 48.6 Å². The van der Waals surface area contributed by atoms with Crippen LogP contribution in [-0.4, -0.2) is 12.1 Å². The van der Waals surface area contributed by atoms with Gasteiger partial charge in [0.05, 0.1) is 11.7 Å². The number of benzene rings is 1. The van der Waals surface area contributed by atoms with Crippen LogP contribution in [0.25, 0.3) is 0 Å². The molecular formula is C29H41F3O2. The molecule has 0 aromatic heterocycles. The molecule has 0 amide bonds. The van der Waals surface area contributed by atoms with E-state index < -0.39 is 11.7 Å². The second kappa shape index (κ2) is 18.9. The van der Waals surface area contributed by atoms with Crippen molar-refractivity contribution >= 4 is 5.97 Å². The van der Waals surface area contributed by atoms with Gasteiger partial charge in [0.15, 0.2) is 0 Å². The third-order valence-corrected chi connectivity index (χ3v) is 5.28. The zero-order chi connectivity index (χ0) is 25.8. The summed E-state index contributed by atoms with van der Waals surface area (Å²) in [6.45, 7) is 5.71. The summed E-state index contributed by atoms with van der Waals surface area (Å²) >= 11 is 0. The molecule has 0 N–H and O–H groups in total. The van der Waals surface area contributed by atoms with Gasteiger partial charge < -0.3 is 4.74 Å². The normalized spacial score (nSPS) is 14.0. The molecule has 34 heavy (non-hydrogen) atoms. The van der Waals surface area contributed by atoms with Gasteiger partial charge in [-0.2, -0.15) is 13.2 Å². The Labute approximate surface area is 204 Å². The first-order chi connectivity index (χ1) is 16.2. The molecule has 1 fully saturated rings. The highest BCUT2D eigenvalue weighted by molar-refractivity contribution is 5.69. The highest BCUT2D eigenvalue weighted by atomic mass is 19.4. The van der Waals surface area contributed by atoms with Gasteiger partial charge in [-0.15, -0.1) is 12.8 Å². The summed E-state index contributed by atoms with van der Waals surface area (Å²) in [5.41, 5.74) is 0.412. The maximum atomic E-state index is 12.4. The molecule has 1 saturated carbocycles. The largest absolute Gasteiger partial charge is 0.463 e. The molecule has 0 atom stereocenters. The fourth-order valence-electron chi connectivity index (χ4n) is 3.58. The van der Waals surface area contributed by atoms with Crippen molar-refractivity contribution in [2.45, 2.75) is 97.3 Å². The predicted octanol–water partition coefficient (Wildman–Crippen LogP) is 8.71. The zero-order valence-electron chi connectivity index (χ0n) is 20.9. The Morgan fingerprint density at radius 2 is 1.65 bits per heavy atom. The summed E-state index contributed by atoms with van der Waals surface area (Å²) < 4.78 is 42.2. The van der Waals surface area contributed by atoms with Crippen molar-refractivity contribution in [3.63, 3.8) is 0 Å². The van der Waals surface area contributed by atoms with E-state index in [0.29, 0.717) is 6.42 Å². The lowest BCUT2D eigenvalue weighted by molar-refractivity contribution is -0.147. The number of hydrogen-bond acceptors (Lipinski definition) is 2. The van der Waals surface area contributed by atoms with Crippen LogP contribution in [0.1, 0.15) is 89.7 Å². The predicted molar refractivity (Wildman–Crippen MR) is 135 cm³/mol. The number of ether oxygens (including phenoxy) is 1. The van der Waals surface area contributed by atoms with Gasteiger partial charge in [0.1, 0.15) is 0 Å². The number of carbonyl (C=O) groups is 1. The van der Waals surface area contributed by atoms with E-state index in [1.807, 2.05) is 26.8 Å². The number of aryl methyl sites for hydroxylation is 1. The van der Waals surface area contributed by atoms with Gasteiger partial charge in [-0.25, -0.2) is 0 Å². The molecule has 1 aromatic carbocycles. The monoisotopic (exact) mass is 478 g/mol. The number of terminal acetylenes is 1. The molecule has 0 spiro atoms. The van der Waals surface area contributed by atoms with E-state index in [2.05, 4.69) is 31.1 Å². The van der Waals surface area contributed by atoms with Crippen LogP contribution in [0.2, 0.25) is 0 Å². The van der Waals surface area contributed by atoms with Gasteiger partial charge in [-0.1, -0.05) is 49.3 Å². The molecule has 0 bridgehead atoms. The van der Waals surface area contributed by atoms with Crippen molar-refractivity contribution in [3.05, 3.63) is 59.7 Å². The molecule has 1 aliphatic rings. The van der Waals surface area contributed by atoms with Crippen molar-refractivity contribution < 1.29 is 22.7 Å². The number of halogens is 3. The summed E-state index contributed by atoms with van der Waals surface area (Å²) in [5.74, 6) is 0.676. The van der Waals surface area contributed by atoms with E-state index in [1.54, 1.807) is 12.1 Å². The van der Waals surface area contributed by atoms with Crippen LogP contribution < -0.4 is 0 Å². The quantitative estimate of drug-likeness (QED) is 0.145. The smallest absolute Gasteiger partial charge is 0.416 e. The first kappa shape index (κ1) is 31.5. The van der Waals surface area contributed by atoms with Crippen molar-refractivity contribution in [2.24, 2.45) is 5.92 Å². The Balaban J connectivity index is 0.000000670. The molecule has 0 radical (unpaired) electrons. The van der Waals surface area contributed by atoms with Crippen LogP contribution in [0.3, 0.4) is 0 Å². The Morgan fingerprint density at radius 3 is 2.18 bits per heavy atom. The van der Waals surface area contributed by atoms with Gasteiger partial charge in [-0.05, 0) is 89.3 Å². The fraction of sp³-hybridized carbons (Fsp3) is 0.552. The molecule has 0 saturated heterocycles. The van der Waals surface area contributed by atoms with Crippen LogP contribution in [-0.2, 0) is 22.1 Å². The maximum absolute atomic E-state index is 12.4. The number of alkyl halides is 3. The van der Waals surface area contributed by atoms with Gasteiger partial charge in [0.25, 0.3) is 0 Å². The molecule has 2 rings (SSSR count). The number of rotatable bonds is 10. The highest BCUT2D eigenvalue weighted by Crippen LogP contribution is 2.29. The Morgan fingerprint density at radius 1 is 1.06 bits per heavy atom. The Hall–Kier alpha value is -2.48. The van der Waals surface area contributed by atoms with E-state index in [0.717, 1.165) is 43.6 Å². The zero-order valence-corrected chi connectivity index (χ0v) is 20.9. The third kappa shape index (κ3) is 16.2. The minimum atomic E-state index is -4.23. The standard InChI is InChI=1S/C17H21F3.C10H18O2.C2H2/c18-17(19,20)16-12-10-15(11-13-16)7-3-1-2-6-14-8-4-5-9-14;1-4-5-6-7-8-10(11)12-9(2)3;1-2/h2,6,10-14H,1,3-5,7-9H2;4-5,9H,6-8H2,1-3H3;1-2H/b6-2+;5-4-;. The maximum Gasteiger partial charge on any atom is 0.416 e. The molecular weight excluding hydrogens is 437 g/mol. The molecule has 5 heteroatoms. The second-order valence-corrected chi connectivity index (χ2v) is 8.56. The van der Waals surface area contributed by atoms with E-state index >= 15 is 0 Å². The SMILES string of the molecule is C#C.C/C=C\CCCC(=O)OC(C)C.FC(F)(F)c1ccc(CCC/C=C/C2CCCC2)cc1. The topological polar surface area (TPSA) is 26.3 Å². The van der Waals surface area contributed by atoms with Crippen molar-refractivity contribution in [1.29, 1.82) is 0 Å². The van der Waals surface area contributed by atoms with Crippen LogP contribution in [0, 0.1) is 18.8 Å². The molecule has 1 aromatic rings. The van der Waals surface area contributed by atoms with E-state index in [-0.39, 0.29) is 12.1 Å². The van der Waals surface area contributed by atoms with Crippen molar-refractivity contribution in [1.82, 2.24) is 0 Å². The minimum Gasteiger partial charge on any atom is -0.463 e. The molecule has 0 unspecified atom stereocenters. The highest BCUT2D eigenvalue weighted by Gasteiger charge is 2.29. The van der Waals surface area contributed by atoms with Crippen LogP contribution in [0.5, 0.6) is 0 Å². The van der Waals surface area contributed by atoms with Gasteiger partial charge in [-0.3, -0.25) is 4.79 Å². The molecule has 0 aliphatic heterocycles.